The topological polar surface area (TPSA) is 44.2 Å². The third-order valence-corrected chi connectivity index (χ3v) is 3.96. The van der Waals surface area contributed by atoms with Crippen LogP contribution in [0.4, 0.5) is 0 Å². The van der Waals surface area contributed by atoms with Gasteiger partial charge in [0.05, 0.1) is 4.88 Å². The highest BCUT2D eigenvalue weighted by Gasteiger charge is 2.14. The first-order chi connectivity index (χ1) is 10.8. The summed E-state index contributed by atoms with van der Waals surface area (Å²) in [6, 6.07) is 16.0. The zero-order valence-corrected chi connectivity index (χ0v) is 13.1. The first-order valence-corrected chi connectivity index (χ1v) is 7.65. The number of para-hydroxylation sites is 1. The molecule has 1 heterocycles. The van der Waals surface area contributed by atoms with Gasteiger partial charge >= 0.3 is 0 Å². The third-order valence-electron chi connectivity index (χ3n) is 3.30. The fourth-order valence-corrected chi connectivity index (χ4v) is 2.71. The van der Waals surface area contributed by atoms with E-state index in [1.807, 2.05) is 49.4 Å². The van der Waals surface area contributed by atoms with E-state index < -0.39 is 0 Å². The number of methoxy groups -OCH3 is 1. The van der Waals surface area contributed by atoms with Crippen LogP contribution in [-0.4, -0.2) is 23.0 Å². The fraction of sp³-hybridized carbons (Fsp3) is 0.176. The lowest BCUT2D eigenvalue weighted by molar-refractivity contribution is -0.0379. The maximum absolute atomic E-state index is 5.86. The molecule has 0 aliphatic carbocycles. The van der Waals surface area contributed by atoms with E-state index in [1.54, 1.807) is 7.11 Å². The van der Waals surface area contributed by atoms with Gasteiger partial charge in [-0.25, -0.2) is 0 Å². The summed E-state index contributed by atoms with van der Waals surface area (Å²) in [5, 5.41) is 3.81. The van der Waals surface area contributed by atoms with Gasteiger partial charge in [0.2, 0.25) is 0 Å². The summed E-state index contributed by atoms with van der Waals surface area (Å²) >= 11 is 1.33. The molecule has 4 nitrogen and oxygen atoms in total. The van der Waals surface area contributed by atoms with Crippen molar-refractivity contribution < 1.29 is 9.47 Å². The first kappa shape index (κ1) is 14.7. The smallest absolute Gasteiger partial charge is 0.196 e. The van der Waals surface area contributed by atoms with E-state index in [0.717, 1.165) is 27.3 Å². The monoisotopic (exact) mass is 311 g/mol. The van der Waals surface area contributed by atoms with Crippen molar-refractivity contribution in [3.63, 3.8) is 0 Å². The summed E-state index contributed by atoms with van der Waals surface area (Å²) in [6.07, 6.45) is 2.61. The molecule has 1 radical (unpaired) electrons. The van der Waals surface area contributed by atoms with E-state index in [2.05, 4.69) is 21.9 Å². The number of nitrogens with zero attached hydrogens (tertiary/aromatic N) is 2. The lowest BCUT2D eigenvalue weighted by Gasteiger charge is -2.17. The molecule has 0 amide bonds. The Morgan fingerprint density at radius 1 is 1.00 bits per heavy atom. The number of hydrogen-bond acceptors (Lipinski definition) is 5. The summed E-state index contributed by atoms with van der Waals surface area (Å²) in [4.78, 5) is 0.908. The van der Waals surface area contributed by atoms with E-state index in [-0.39, 0.29) is 6.29 Å². The molecule has 1 unspecified atom stereocenters. The number of rotatable bonds is 5. The molecule has 3 aromatic rings. The van der Waals surface area contributed by atoms with E-state index >= 15 is 0 Å². The van der Waals surface area contributed by atoms with Gasteiger partial charge in [-0.2, -0.15) is 0 Å². The quantitative estimate of drug-likeness (QED) is 0.667. The molecular formula is C17H15N2O2S. The zero-order valence-electron chi connectivity index (χ0n) is 12.3. The normalized spacial score (nSPS) is 12.1. The van der Waals surface area contributed by atoms with Gasteiger partial charge in [0.15, 0.2) is 6.29 Å². The largest absolute Gasteiger partial charge is 0.465 e. The van der Waals surface area contributed by atoms with Gasteiger partial charge < -0.3 is 9.47 Å². The van der Waals surface area contributed by atoms with Crippen LogP contribution in [0.5, 0.6) is 5.75 Å². The predicted octanol–water partition coefficient (Wildman–Crippen LogP) is 4.04. The Balaban J connectivity index is 2.09. The van der Waals surface area contributed by atoms with Gasteiger partial charge in [-0.1, -0.05) is 47.0 Å². The molecule has 111 valence electrons. The molecule has 2 aromatic carbocycles. The van der Waals surface area contributed by atoms with E-state index in [0.29, 0.717) is 0 Å². The predicted molar refractivity (Wildman–Crippen MR) is 86.7 cm³/mol. The van der Waals surface area contributed by atoms with Crippen LogP contribution in [0.3, 0.4) is 0 Å². The van der Waals surface area contributed by atoms with Crippen molar-refractivity contribution in [1.29, 1.82) is 0 Å². The molecule has 0 fully saturated rings. The van der Waals surface area contributed by atoms with Crippen molar-refractivity contribution in [3.05, 3.63) is 54.7 Å². The van der Waals surface area contributed by atoms with Crippen molar-refractivity contribution in [2.24, 2.45) is 0 Å². The fourth-order valence-electron chi connectivity index (χ4n) is 2.19. The second-order valence-corrected chi connectivity index (χ2v) is 5.43. The highest BCUT2D eigenvalue weighted by Crippen LogP contribution is 2.38. The van der Waals surface area contributed by atoms with Gasteiger partial charge in [0, 0.05) is 18.2 Å². The average molecular weight is 311 g/mol. The van der Waals surface area contributed by atoms with Crippen molar-refractivity contribution >= 4 is 11.5 Å². The number of aromatic nitrogens is 2. The van der Waals surface area contributed by atoms with Gasteiger partial charge in [0.1, 0.15) is 11.9 Å². The Kier molecular flexibility index (Phi) is 4.46. The minimum Gasteiger partial charge on any atom is -0.465 e. The summed E-state index contributed by atoms with van der Waals surface area (Å²) in [5.41, 5.74) is 3.10. The van der Waals surface area contributed by atoms with Crippen molar-refractivity contribution in [3.8, 4) is 27.3 Å². The molecule has 0 bridgehead atoms. The molecule has 0 aliphatic rings. The van der Waals surface area contributed by atoms with Crippen LogP contribution >= 0.6 is 11.5 Å². The van der Waals surface area contributed by atoms with Gasteiger partial charge in [-0.3, -0.25) is 0 Å². The van der Waals surface area contributed by atoms with Crippen LogP contribution in [0.25, 0.3) is 21.6 Å². The highest BCUT2D eigenvalue weighted by atomic mass is 32.1. The maximum Gasteiger partial charge on any atom is 0.196 e. The van der Waals surface area contributed by atoms with Crippen LogP contribution in [0.2, 0.25) is 0 Å². The molecule has 1 atom stereocenters. The standard InChI is InChI=1S/C17H15N2O2S/c1-12(20-2)21-16-10-6-5-8-14(16)13-7-3-4-9-15(13)17-11-18-19-22-17/h3-10,12H,1-2H3. The van der Waals surface area contributed by atoms with E-state index in [4.69, 9.17) is 9.47 Å². The molecule has 3 rings (SSSR count). The summed E-state index contributed by atoms with van der Waals surface area (Å²) in [6.45, 7) is 1.86. The molecule has 0 saturated heterocycles. The minimum atomic E-state index is -0.315. The van der Waals surface area contributed by atoms with Gasteiger partial charge in [-0.05, 0) is 30.1 Å². The summed E-state index contributed by atoms with van der Waals surface area (Å²) in [5.74, 6) is 0.779. The first-order valence-electron chi connectivity index (χ1n) is 6.88. The second kappa shape index (κ2) is 6.68. The SMILES string of the molecule is COC(C)Oc1ccccc1-c1ccccc1-c1[c]nns1. The Bertz CT molecular complexity index is 744. The van der Waals surface area contributed by atoms with Crippen LogP contribution in [0.15, 0.2) is 48.5 Å². The third kappa shape index (κ3) is 3.00. The van der Waals surface area contributed by atoms with Gasteiger partial charge in [0.25, 0.3) is 0 Å². The Hall–Kier alpha value is -2.24. The Labute approximate surface area is 133 Å². The highest BCUT2D eigenvalue weighted by molar-refractivity contribution is 7.09. The maximum atomic E-state index is 5.86. The molecular weight excluding hydrogens is 296 g/mol. The lowest BCUT2D eigenvalue weighted by Crippen LogP contribution is -2.14. The van der Waals surface area contributed by atoms with Crippen molar-refractivity contribution in [2.75, 3.05) is 7.11 Å². The molecule has 0 saturated carbocycles. The van der Waals surface area contributed by atoms with E-state index in [9.17, 15) is 0 Å². The van der Waals surface area contributed by atoms with Crippen molar-refractivity contribution in [2.45, 2.75) is 13.2 Å². The van der Waals surface area contributed by atoms with Crippen LogP contribution in [0.1, 0.15) is 6.92 Å². The van der Waals surface area contributed by atoms with Crippen LogP contribution in [0, 0.1) is 6.20 Å². The van der Waals surface area contributed by atoms with Crippen LogP contribution < -0.4 is 4.74 Å². The zero-order chi connectivity index (χ0) is 15.4. The Morgan fingerprint density at radius 3 is 2.36 bits per heavy atom. The Morgan fingerprint density at radius 2 is 1.68 bits per heavy atom. The number of benzene rings is 2. The number of hydrogen-bond donors (Lipinski definition) is 0. The van der Waals surface area contributed by atoms with Gasteiger partial charge in [-0.15, -0.1) is 5.10 Å². The molecule has 22 heavy (non-hydrogen) atoms. The average Bonchev–Trinajstić information content (AvgIpc) is 3.09. The lowest BCUT2D eigenvalue weighted by atomic mass is 9.98. The molecule has 0 N–H and O–H groups in total. The molecule has 1 aromatic heterocycles. The van der Waals surface area contributed by atoms with Crippen molar-refractivity contribution in [1.82, 2.24) is 9.59 Å². The molecule has 0 aliphatic heterocycles. The second-order valence-electron chi connectivity index (χ2n) is 4.68. The number of ether oxygens (including phenoxy) is 2. The summed E-state index contributed by atoms with van der Waals surface area (Å²) in [7, 11) is 1.62. The molecule has 5 heteroatoms. The minimum absolute atomic E-state index is 0.315. The molecule has 0 spiro atoms. The van der Waals surface area contributed by atoms with E-state index in [1.165, 1.54) is 11.5 Å². The van der Waals surface area contributed by atoms with Crippen LogP contribution in [-0.2, 0) is 4.74 Å². The summed E-state index contributed by atoms with van der Waals surface area (Å²) < 4.78 is 15.0.